The average molecular weight is 256 g/mol. The predicted molar refractivity (Wildman–Crippen MR) is 65.7 cm³/mol. The molecule has 1 aliphatic carbocycles. The van der Waals surface area contributed by atoms with Gasteiger partial charge in [-0.3, -0.25) is 0 Å². The molecule has 1 aromatic carbocycles. The molecule has 3 N–H and O–H groups in total. The Hall–Kier alpha value is -1.42. The molecule has 2 rings (SSSR count). The summed E-state index contributed by atoms with van der Waals surface area (Å²) in [6.07, 6.45) is 4.17. The minimum absolute atomic E-state index is 0.0295. The van der Waals surface area contributed by atoms with E-state index in [-0.39, 0.29) is 22.4 Å². The fourth-order valence-electron chi connectivity index (χ4n) is 2.07. The molecule has 0 atom stereocenters. The molecule has 0 aromatic heterocycles. The second-order valence-electron chi connectivity index (χ2n) is 4.21. The van der Waals surface area contributed by atoms with Crippen molar-refractivity contribution in [3.05, 3.63) is 22.7 Å². The molecule has 1 aliphatic rings. The summed E-state index contributed by atoms with van der Waals surface area (Å²) in [4.78, 5) is 11.1. The lowest BCUT2D eigenvalue weighted by Crippen LogP contribution is -2.14. The van der Waals surface area contributed by atoms with E-state index in [0.717, 1.165) is 25.7 Å². The Balaban J connectivity index is 2.33. The molecule has 0 heterocycles. The van der Waals surface area contributed by atoms with Crippen LogP contribution in [0.25, 0.3) is 0 Å². The van der Waals surface area contributed by atoms with Gasteiger partial charge in [-0.15, -0.1) is 0 Å². The molecular weight excluding hydrogens is 242 g/mol. The highest BCUT2D eigenvalue weighted by Crippen LogP contribution is 2.34. The Morgan fingerprint density at radius 2 is 2.06 bits per heavy atom. The molecule has 5 heteroatoms. The van der Waals surface area contributed by atoms with E-state index in [1.165, 1.54) is 12.1 Å². The number of carbonyl (C=O) groups is 1. The molecule has 0 aliphatic heterocycles. The number of ether oxygens (including phenoxy) is 1. The van der Waals surface area contributed by atoms with Gasteiger partial charge in [-0.25, -0.2) is 4.79 Å². The van der Waals surface area contributed by atoms with Gasteiger partial charge in [0, 0.05) is 5.69 Å². The van der Waals surface area contributed by atoms with Gasteiger partial charge in [0.25, 0.3) is 0 Å². The summed E-state index contributed by atoms with van der Waals surface area (Å²) in [5.74, 6) is -0.840. The van der Waals surface area contributed by atoms with Crippen LogP contribution < -0.4 is 10.5 Å². The molecule has 1 aromatic rings. The van der Waals surface area contributed by atoms with E-state index in [2.05, 4.69) is 0 Å². The van der Waals surface area contributed by atoms with E-state index >= 15 is 0 Å². The predicted octanol–water partition coefficient (Wildman–Crippen LogP) is 2.94. The fourth-order valence-corrected chi connectivity index (χ4v) is 2.34. The molecule has 1 fully saturated rings. The SMILES string of the molecule is Nc1cc(Cl)c(OC2CCCC2)c(C(=O)O)c1. The quantitative estimate of drug-likeness (QED) is 0.815. The number of rotatable bonds is 3. The summed E-state index contributed by atoms with van der Waals surface area (Å²) in [5, 5.41) is 9.35. The van der Waals surface area contributed by atoms with Crippen LogP contribution in [0.4, 0.5) is 5.69 Å². The van der Waals surface area contributed by atoms with Crippen LogP contribution in [0, 0.1) is 0 Å². The third-order valence-corrected chi connectivity index (χ3v) is 3.16. The number of hydrogen-bond donors (Lipinski definition) is 2. The number of aromatic carboxylic acids is 1. The highest BCUT2D eigenvalue weighted by atomic mass is 35.5. The van der Waals surface area contributed by atoms with Crippen LogP contribution >= 0.6 is 11.6 Å². The van der Waals surface area contributed by atoms with Gasteiger partial charge in [-0.05, 0) is 37.8 Å². The monoisotopic (exact) mass is 255 g/mol. The molecule has 0 amide bonds. The van der Waals surface area contributed by atoms with Gasteiger partial charge in [0.05, 0.1) is 11.1 Å². The van der Waals surface area contributed by atoms with Crippen LogP contribution in [0.2, 0.25) is 5.02 Å². The minimum Gasteiger partial charge on any atom is -0.488 e. The molecule has 1 saturated carbocycles. The minimum atomic E-state index is -1.08. The van der Waals surface area contributed by atoms with Crippen LogP contribution in [-0.2, 0) is 0 Å². The normalized spacial score (nSPS) is 16.1. The van der Waals surface area contributed by atoms with Gasteiger partial charge in [-0.1, -0.05) is 11.6 Å². The molecule has 4 nitrogen and oxygen atoms in total. The molecular formula is C12H14ClNO3. The first-order chi connectivity index (χ1) is 8.08. The van der Waals surface area contributed by atoms with Gasteiger partial charge in [-0.2, -0.15) is 0 Å². The smallest absolute Gasteiger partial charge is 0.339 e. The van der Waals surface area contributed by atoms with Crippen LogP contribution in [-0.4, -0.2) is 17.2 Å². The third kappa shape index (κ3) is 2.64. The largest absolute Gasteiger partial charge is 0.488 e. The van der Waals surface area contributed by atoms with Crippen molar-refractivity contribution in [1.29, 1.82) is 0 Å². The lowest BCUT2D eigenvalue weighted by Gasteiger charge is -2.16. The number of hydrogen-bond acceptors (Lipinski definition) is 3. The van der Waals surface area contributed by atoms with Crippen molar-refractivity contribution in [2.45, 2.75) is 31.8 Å². The molecule has 0 saturated heterocycles. The number of halogens is 1. The number of anilines is 1. The topological polar surface area (TPSA) is 72.5 Å². The number of carboxylic acids is 1. The van der Waals surface area contributed by atoms with Crippen molar-refractivity contribution in [2.75, 3.05) is 5.73 Å². The van der Waals surface area contributed by atoms with Crippen molar-refractivity contribution in [3.8, 4) is 5.75 Å². The maximum absolute atomic E-state index is 11.1. The highest BCUT2D eigenvalue weighted by Gasteiger charge is 2.22. The Morgan fingerprint density at radius 3 is 2.65 bits per heavy atom. The Kier molecular flexibility index (Phi) is 3.43. The lowest BCUT2D eigenvalue weighted by molar-refractivity contribution is 0.0689. The third-order valence-electron chi connectivity index (χ3n) is 2.88. The lowest BCUT2D eigenvalue weighted by atomic mass is 10.1. The van der Waals surface area contributed by atoms with Gasteiger partial charge in [0.15, 0.2) is 5.75 Å². The molecule has 17 heavy (non-hydrogen) atoms. The molecule has 0 spiro atoms. The van der Waals surface area contributed by atoms with Crippen molar-refractivity contribution in [2.24, 2.45) is 0 Å². The second kappa shape index (κ2) is 4.84. The van der Waals surface area contributed by atoms with Crippen molar-refractivity contribution in [3.63, 3.8) is 0 Å². The summed E-state index contributed by atoms with van der Waals surface area (Å²) >= 11 is 5.99. The van der Waals surface area contributed by atoms with Crippen LogP contribution in [0.15, 0.2) is 12.1 Å². The molecule has 0 bridgehead atoms. The number of carboxylic acid groups (broad SMARTS) is 1. The van der Waals surface area contributed by atoms with Crippen molar-refractivity contribution < 1.29 is 14.6 Å². The standard InChI is InChI=1S/C12H14ClNO3/c13-10-6-7(14)5-9(12(15)16)11(10)17-8-3-1-2-4-8/h5-6,8H,1-4,14H2,(H,15,16). The van der Waals surface area contributed by atoms with E-state index in [1.54, 1.807) is 0 Å². The Labute approximate surface area is 104 Å². The Bertz CT molecular complexity index is 442. The fraction of sp³-hybridized carbons (Fsp3) is 0.417. The first kappa shape index (κ1) is 12.0. The summed E-state index contributed by atoms with van der Waals surface area (Å²) in [7, 11) is 0. The van der Waals surface area contributed by atoms with Crippen molar-refractivity contribution in [1.82, 2.24) is 0 Å². The van der Waals surface area contributed by atoms with Gasteiger partial charge < -0.3 is 15.6 Å². The van der Waals surface area contributed by atoms with Crippen LogP contribution in [0.5, 0.6) is 5.75 Å². The first-order valence-electron chi connectivity index (χ1n) is 5.57. The summed E-state index contributed by atoms with van der Waals surface area (Å²) < 4.78 is 5.69. The van der Waals surface area contributed by atoms with Crippen LogP contribution in [0.1, 0.15) is 36.0 Å². The Morgan fingerprint density at radius 1 is 1.41 bits per heavy atom. The highest BCUT2D eigenvalue weighted by molar-refractivity contribution is 6.33. The van der Waals surface area contributed by atoms with Gasteiger partial charge >= 0.3 is 5.97 Å². The number of nitrogens with two attached hydrogens (primary N) is 1. The number of nitrogen functional groups attached to an aromatic ring is 1. The van der Waals surface area contributed by atoms with Gasteiger partial charge in [0.1, 0.15) is 5.56 Å². The van der Waals surface area contributed by atoms with Crippen molar-refractivity contribution >= 4 is 23.3 Å². The molecule has 0 radical (unpaired) electrons. The molecule has 0 unspecified atom stereocenters. The van der Waals surface area contributed by atoms with E-state index in [0.29, 0.717) is 5.69 Å². The zero-order valence-electron chi connectivity index (χ0n) is 9.28. The van der Waals surface area contributed by atoms with E-state index in [4.69, 9.17) is 27.2 Å². The van der Waals surface area contributed by atoms with E-state index in [1.807, 2.05) is 0 Å². The summed E-state index contributed by atoms with van der Waals surface area (Å²) in [5.41, 5.74) is 5.93. The summed E-state index contributed by atoms with van der Waals surface area (Å²) in [6, 6.07) is 2.89. The average Bonchev–Trinajstić information content (AvgIpc) is 2.74. The van der Waals surface area contributed by atoms with Crippen LogP contribution in [0.3, 0.4) is 0 Å². The first-order valence-corrected chi connectivity index (χ1v) is 5.94. The molecule has 92 valence electrons. The maximum atomic E-state index is 11.1. The second-order valence-corrected chi connectivity index (χ2v) is 4.62. The summed E-state index contributed by atoms with van der Waals surface area (Å²) in [6.45, 7) is 0. The number of benzene rings is 1. The van der Waals surface area contributed by atoms with E-state index < -0.39 is 5.97 Å². The van der Waals surface area contributed by atoms with Gasteiger partial charge in [0.2, 0.25) is 0 Å². The zero-order chi connectivity index (χ0) is 12.4. The van der Waals surface area contributed by atoms with E-state index in [9.17, 15) is 4.79 Å². The zero-order valence-corrected chi connectivity index (χ0v) is 10.0. The maximum Gasteiger partial charge on any atom is 0.339 e.